The molecule has 0 amide bonds. The quantitative estimate of drug-likeness (QED) is 0.485. The molecule has 6 heteroatoms. The molecule has 1 aromatic rings. The molecule has 0 aliphatic carbocycles. The molecule has 5 nitrogen and oxygen atoms in total. The summed E-state index contributed by atoms with van der Waals surface area (Å²) >= 11 is 3.15. The molecule has 0 unspecified atom stereocenters. The number of benzene rings is 1. The lowest BCUT2D eigenvalue weighted by Gasteiger charge is -2.01. The number of nitro groups is 1. The second-order valence-corrected chi connectivity index (χ2v) is 4.44. The monoisotopic (exact) mass is 308 g/mol. The van der Waals surface area contributed by atoms with Crippen LogP contribution in [0.4, 0.5) is 5.69 Å². The minimum atomic E-state index is -0.527. The van der Waals surface area contributed by atoms with Gasteiger partial charge in [-0.15, -0.1) is 0 Å². The zero-order chi connectivity index (χ0) is 13.7. The number of nitro benzene ring substituents is 1. The van der Waals surface area contributed by atoms with E-state index in [2.05, 4.69) is 15.9 Å². The molecule has 0 aliphatic rings. The fraction of sp³-hybridized carbons (Fsp3) is 0.167. The zero-order valence-electron chi connectivity index (χ0n) is 9.51. The number of allylic oxidation sites excluding steroid dienone is 1. The van der Waals surface area contributed by atoms with Crippen molar-refractivity contribution in [1.82, 2.24) is 0 Å². The molecular weight excluding hydrogens is 300 g/mol. The molecule has 0 aliphatic heterocycles. The number of carbonyl (C=O) groups excluding carboxylic acids is 1. The summed E-state index contributed by atoms with van der Waals surface area (Å²) in [5.41, 5.74) is 0.452. The molecule has 0 fully saturated rings. The molecule has 92 valence electrons. The van der Waals surface area contributed by atoms with Gasteiger partial charge in [0.15, 0.2) is 5.78 Å². The molecule has 1 rings (SSSR count). The Morgan fingerprint density at radius 2 is 2.28 bits per heavy atom. The van der Waals surface area contributed by atoms with E-state index in [1.807, 2.05) is 6.07 Å². The van der Waals surface area contributed by atoms with Crippen molar-refractivity contribution in [2.75, 3.05) is 0 Å². The van der Waals surface area contributed by atoms with Crippen LogP contribution in [0.15, 0.2) is 28.2 Å². The van der Waals surface area contributed by atoms with E-state index >= 15 is 0 Å². The molecule has 0 spiro atoms. The number of ketones is 1. The topological polar surface area (TPSA) is 84.0 Å². The maximum atomic E-state index is 11.3. The molecule has 0 aromatic heterocycles. The van der Waals surface area contributed by atoms with E-state index in [0.717, 1.165) is 0 Å². The number of hydrogen-bond donors (Lipinski definition) is 0. The summed E-state index contributed by atoms with van der Waals surface area (Å²) < 4.78 is 0.580. The molecule has 18 heavy (non-hydrogen) atoms. The van der Waals surface area contributed by atoms with Crippen LogP contribution in [-0.2, 0) is 4.79 Å². The number of carbonyl (C=O) groups is 1. The van der Waals surface area contributed by atoms with Crippen LogP contribution in [0.25, 0.3) is 6.08 Å². The Balaban J connectivity index is 3.33. The summed E-state index contributed by atoms with van der Waals surface area (Å²) in [6, 6.07) is 6.39. The SMILES string of the molecule is CC(=O)/C(=C/c1ccc(Br)cc1[N+](=O)[O-])CC#N. The minimum absolute atomic E-state index is 0.0669. The predicted molar refractivity (Wildman–Crippen MR) is 69.7 cm³/mol. The standard InChI is InChI=1S/C12H9BrN2O3/c1-8(16)9(4-5-14)6-10-2-3-11(13)7-12(10)15(17)18/h2-3,6-7H,4H2,1H3/b9-6+. The second kappa shape index (κ2) is 6.07. The average Bonchev–Trinajstić information content (AvgIpc) is 2.30. The highest BCUT2D eigenvalue weighted by atomic mass is 79.9. The lowest BCUT2D eigenvalue weighted by atomic mass is 10.0. The van der Waals surface area contributed by atoms with Crippen LogP contribution in [0.1, 0.15) is 18.9 Å². The molecule has 0 atom stereocenters. The predicted octanol–water partition coefficient (Wildman–Crippen LogP) is 3.24. The van der Waals surface area contributed by atoms with Crippen molar-refractivity contribution >= 4 is 33.5 Å². The molecule has 0 saturated carbocycles. The average molecular weight is 309 g/mol. The third-order valence-corrected chi connectivity index (χ3v) is 2.73. The van der Waals surface area contributed by atoms with Crippen molar-refractivity contribution in [3.8, 4) is 6.07 Å². The van der Waals surface area contributed by atoms with Gasteiger partial charge in [-0.3, -0.25) is 14.9 Å². The third-order valence-electron chi connectivity index (χ3n) is 2.24. The van der Waals surface area contributed by atoms with Gasteiger partial charge in [-0.1, -0.05) is 15.9 Å². The van der Waals surface area contributed by atoms with E-state index in [9.17, 15) is 14.9 Å². The molecule has 0 heterocycles. The Labute approximate surface area is 112 Å². The molecule has 0 saturated heterocycles. The normalized spacial score (nSPS) is 10.8. The molecule has 0 radical (unpaired) electrons. The summed E-state index contributed by atoms with van der Waals surface area (Å²) in [4.78, 5) is 21.6. The lowest BCUT2D eigenvalue weighted by molar-refractivity contribution is -0.385. The smallest absolute Gasteiger partial charge is 0.277 e. The number of nitriles is 1. The minimum Gasteiger partial charge on any atom is -0.295 e. The zero-order valence-corrected chi connectivity index (χ0v) is 11.1. The van der Waals surface area contributed by atoms with Crippen molar-refractivity contribution in [2.24, 2.45) is 0 Å². The van der Waals surface area contributed by atoms with Crippen molar-refractivity contribution in [3.05, 3.63) is 43.9 Å². The van der Waals surface area contributed by atoms with Gasteiger partial charge in [0.2, 0.25) is 0 Å². The van der Waals surface area contributed by atoms with Gasteiger partial charge in [-0.05, 0) is 25.1 Å². The van der Waals surface area contributed by atoms with Crippen LogP contribution >= 0.6 is 15.9 Å². The Morgan fingerprint density at radius 1 is 1.61 bits per heavy atom. The number of rotatable bonds is 4. The first kappa shape index (κ1) is 14.1. The first-order valence-corrected chi connectivity index (χ1v) is 5.77. The Kier molecular flexibility index (Phi) is 4.75. The van der Waals surface area contributed by atoms with E-state index in [-0.39, 0.29) is 23.5 Å². The fourth-order valence-corrected chi connectivity index (χ4v) is 1.70. The van der Waals surface area contributed by atoms with Crippen molar-refractivity contribution in [3.63, 3.8) is 0 Å². The lowest BCUT2D eigenvalue weighted by Crippen LogP contribution is -1.97. The van der Waals surface area contributed by atoms with E-state index in [1.165, 1.54) is 25.1 Å². The number of nitrogens with zero attached hydrogens (tertiary/aromatic N) is 2. The molecule has 0 bridgehead atoms. The first-order chi connectivity index (χ1) is 8.45. The maximum absolute atomic E-state index is 11.3. The fourth-order valence-electron chi connectivity index (χ4n) is 1.35. The van der Waals surface area contributed by atoms with Crippen LogP contribution in [0.3, 0.4) is 0 Å². The second-order valence-electron chi connectivity index (χ2n) is 3.52. The van der Waals surface area contributed by atoms with Gasteiger partial charge in [-0.2, -0.15) is 5.26 Å². The third kappa shape index (κ3) is 3.50. The van der Waals surface area contributed by atoms with E-state index < -0.39 is 4.92 Å². The molecular formula is C12H9BrN2O3. The van der Waals surface area contributed by atoms with Crippen LogP contribution in [0, 0.1) is 21.4 Å². The van der Waals surface area contributed by atoms with Gasteiger partial charge in [0.1, 0.15) is 0 Å². The van der Waals surface area contributed by atoms with Crippen molar-refractivity contribution < 1.29 is 9.72 Å². The largest absolute Gasteiger partial charge is 0.295 e. The van der Waals surface area contributed by atoms with E-state index in [4.69, 9.17) is 5.26 Å². The van der Waals surface area contributed by atoms with Crippen LogP contribution in [0.2, 0.25) is 0 Å². The highest BCUT2D eigenvalue weighted by Gasteiger charge is 2.14. The van der Waals surface area contributed by atoms with E-state index in [1.54, 1.807) is 6.07 Å². The van der Waals surface area contributed by atoms with Gasteiger partial charge in [0.25, 0.3) is 5.69 Å². The van der Waals surface area contributed by atoms with Gasteiger partial charge < -0.3 is 0 Å². The van der Waals surface area contributed by atoms with Gasteiger partial charge in [-0.25, -0.2) is 0 Å². The Hall–Kier alpha value is -2.00. The van der Waals surface area contributed by atoms with Gasteiger partial charge in [0, 0.05) is 16.1 Å². The Morgan fingerprint density at radius 3 is 2.78 bits per heavy atom. The maximum Gasteiger partial charge on any atom is 0.277 e. The summed E-state index contributed by atoms with van der Waals surface area (Å²) in [7, 11) is 0. The molecule has 1 aromatic carbocycles. The number of halogens is 1. The van der Waals surface area contributed by atoms with Crippen molar-refractivity contribution in [1.29, 1.82) is 5.26 Å². The number of Topliss-reactive ketones (excluding diaryl/α,β-unsaturated/α-hetero) is 1. The van der Waals surface area contributed by atoms with Crippen LogP contribution in [-0.4, -0.2) is 10.7 Å². The highest BCUT2D eigenvalue weighted by molar-refractivity contribution is 9.10. The Bertz CT molecular complexity index is 573. The summed E-state index contributed by atoms with van der Waals surface area (Å²) in [5, 5.41) is 19.5. The van der Waals surface area contributed by atoms with Gasteiger partial charge >= 0.3 is 0 Å². The van der Waals surface area contributed by atoms with Gasteiger partial charge in [0.05, 0.1) is 23.0 Å². The van der Waals surface area contributed by atoms with Crippen molar-refractivity contribution in [2.45, 2.75) is 13.3 Å². The van der Waals surface area contributed by atoms with Crippen LogP contribution in [0.5, 0.6) is 0 Å². The van der Waals surface area contributed by atoms with Crippen LogP contribution < -0.4 is 0 Å². The first-order valence-electron chi connectivity index (χ1n) is 4.98. The summed E-state index contributed by atoms with van der Waals surface area (Å²) in [6.45, 7) is 1.33. The highest BCUT2D eigenvalue weighted by Crippen LogP contribution is 2.26. The number of hydrogen-bond acceptors (Lipinski definition) is 4. The molecule has 0 N–H and O–H groups in total. The summed E-state index contributed by atoms with van der Waals surface area (Å²) in [5.74, 6) is -0.270. The van der Waals surface area contributed by atoms with E-state index in [0.29, 0.717) is 10.0 Å². The summed E-state index contributed by atoms with van der Waals surface area (Å²) in [6.07, 6.45) is 1.32.